The molecule has 3 heterocycles. The Kier molecular flexibility index (Phi) is 32.3. The van der Waals surface area contributed by atoms with Gasteiger partial charge in [-0.25, -0.2) is 27.5 Å². The Morgan fingerprint density at radius 3 is 1.36 bits per heavy atom. The van der Waals surface area contributed by atoms with E-state index in [1.54, 1.807) is 162 Å². The van der Waals surface area contributed by atoms with Crippen LogP contribution in [0.25, 0.3) is 21.5 Å². The highest BCUT2D eigenvalue weighted by atomic mass is 32.2. The van der Waals surface area contributed by atoms with Gasteiger partial charge in [-0.3, -0.25) is 57.7 Å². The molecule has 7 aromatic rings. The topological polar surface area (TPSA) is 424 Å². The maximum atomic E-state index is 15.6. The predicted octanol–water partition coefficient (Wildman–Crippen LogP) is 9.14. The molecule has 0 bridgehead atoms. The molecule has 2 aliphatic heterocycles. The summed E-state index contributed by atoms with van der Waals surface area (Å²) in [5.74, 6) is -7.83. The number of amides is 11. The number of ether oxygens (including phenoxy) is 4. The summed E-state index contributed by atoms with van der Waals surface area (Å²) in [4.78, 5) is 179. The van der Waals surface area contributed by atoms with Crippen molar-refractivity contribution in [3.63, 3.8) is 0 Å². The molecule has 0 radical (unpaired) electrons. The molecule has 3 fully saturated rings. The van der Waals surface area contributed by atoms with E-state index < -0.39 is 175 Å². The SMILES string of the molecule is C=CCOc1ccc(CC(NC(=O)[C@H](Cc2ccc3ccccc3c2)NC(=O)[C@@H]2C[C@H](n3cc(COc4ccc(C[C@H](NC(=O)[C@H](Cc5ccc6ccccc6c5)NC(=O)[C@@H]5C[C@H](CC=C)CN5C(=O)[C@@H](NC(=O)[C@H](C)N(C)C(=O)OC(C)(C)C)C(C)(C)C)C(=O)NS(=O)(=O)C5CC5)cc4)nn3)CN2C(=O)[C@@H](NC(=O)[C@H](C)N(C)C(=O)OC(C)(C)C)C(C)(C)C)C(=O)O)cc1. The maximum absolute atomic E-state index is 15.6. The van der Waals surface area contributed by atoms with Gasteiger partial charge in [-0.05, 0) is 166 Å². The molecule has 3 aliphatic rings. The standard InChI is InChI=1S/C96H124N14O19S/c1-19-25-63-51-77(108(53-63)88(118)79(93(5,6)7)101-81(111)57(3)106(17)91(122)128-95(11,12)13)86(116)98-73(49-61-30-36-64-26-21-23-28-66(64)45-61)83(113)97-75(85(115)104-130(124,125)72-42-43-72)47-59-34-40-71(41-35-59)127-56-68-54-110(105-103-68)69-52-78(109(55-69)89(119)80(94(8,9)10)102-82(112)58(4)107(18)92(123)129-96(14,15)16)87(117)99-74(50-62-31-37-65-27-22-24-29-67(65)46-62)84(114)100-76(90(120)121)48-60-32-38-70(39-33-60)126-44-20-2/h19-24,26-41,45-46,54,57-58,63,69,72-80H,1-2,25,42-44,47-53,55-56H2,3-18H3,(H,97,113)(H,98,116)(H,99,117)(H,100,114)(H,101,111)(H,102,112)(H,104,115)(H,120,121)/t57-,58-,63-,69-,73-,74-,75-,76?,77-,78-,79+,80+/m0/s1. The second-order valence-electron chi connectivity index (χ2n) is 38.0. The van der Waals surface area contributed by atoms with Gasteiger partial charge in [0.05, 0.1) is 17.5 Å². The Morgan fingerprint density at radius 2 is 0.923 bits per heavy atom. The Labute approximate surface area is 759 Å². The van der Waals surface area contributed by atoms with Crippen molar-refractivity contribution < 1.29 is 90.0 Å². The van der Waals surface area contributed by atoms with Crippen LogP contribution in [-0.4, -0.2) is 230 Å². The molecule has 12 atom stereocenters. The molecule has 11 amide bonds. The van der Waals surface area contributed by atoms with Crippen LogP contribution in [0.5, 0.6) is 11.5 Å². The van der Waals surface area contributed by atoms with Gasteiger partial charge < -0.3 is 65.8 Å². The molecule has 698 valence electrons. The number of carboxylic acid groups (broad SMARTS) is 1. The number of sulfonamides is 1. The second kappa shape index (κ2) is 42.2. The molecule has 34 heteroatoms. The zero-order valence-electron chi connectivity index (χ0n) is 76.9. The Hall–Kier alpha value is -12.7. The van der Waals surface area contributed by atoms with Gasteiger partial charge in [0.1, 0.15) is 102 Å². The highest BCUT2D eigenvalue weighted by Gasteiger charge is 2.50. The minimum atomic E-state index is -4.21. The first-order valence-electron chi connectivity index (χ1n) is 43.7. The summed E-state index contributed by atoms with van der Waals surface area (Å²) in [6.07, 6.45) is 3.55. The molecular formula is C96H124N14O19S. The van der Waals surface area contributed by atoms with E-state index in [9.17, 15) is 47.1 Å². The number of likely N-dealkylation sites (tertiary alicyclic amines) is 2. The molecule has 33 nitrogen and oxygen atoms in total. The molecule has 8 N–H and O–H groups in total. The summed E-state index contributed by atoms with van der Waals surface area (Å²) in [6, 6.07) is 24.9. The van der Waals surface area contributed by atoms with Gasteiger partial charge in [0.25, 0.3) is 5.91 Å². The van der Waals surface area contributed by atoms with Crippen LogP contribution in [-0.2, 0) is 99.7 Å². The first-order valence-corrected chi connectivity index (χ1v) is 45.3. The lowest BCUT2D eigenvalue weighted by atomic mass is 9.85. The van der Waals surface area contributed by atoms with Crippen molar-refractivity contribution in [3.05, 3.63) is 193 Å². The lowest BCUT2D eigenvalue weighted by Gasteiger charge is -2.37. The molecular weight excluding hydrogens is 1690 g/mol. The number of carboxylic acids is 1. The van der Waals surface area contributed by atoms with Crippen LogP contribution in [0.15, 0.2) is 165 Å². The number of likely N-dealkylation sites (N-methyl/N-ethyl adjacent to an activating group) is 2. The van der Waals surface area contributed by atoms with Gasteiger partial charge in [0.15, 0.2) is 0 Å². The van der Waals surface area contributed by atoms with Crippen molar-refractivity contribution in [1.29, 1.82) is 0 Å². The minimum absolute atomic E-state index is 0.0681. The van der Waals surface area contributed by atoms with E-state index in [1.807, 2.05) is 72.8 Å². The molecule has 2 saturated heterocycles. The third-order valence-electron chi connectivity index (χ3n) is 23.1. The van der Waals surface area contributed by atoms with Gasteiger partial charge in [-0.2, -0.15) is 0 Å². The van der Waals surface area contributed by atoms with E-state index in [-0.39, 0.29) is 82.2 Å². The molecule has 1 aliphatic carbocycles. The van der Waals surface area contributed by atoms with Crippen LogP contribution >= 0.6 is 0 Å². The number of carbonyl (C=O) groups is 12. The summed E-state index contributed by atoms with van der Waals surface area (Å²) in [5, 5.41) is 39.0. The Bertz CT molecular complexity index is 5440. The molecule has 1 aromatic heterocycles. The van der Waals surface area contributed by atoms with Crippen LogP contribution < -0.4 is 46.1 Å². The molecule has 1 unspecified atom stereocenters. The molecule has 130 heavy (non-hydrogen) atoms. The fourth-order valence-electron chi connectivity index (χ4n) is 15.4. The number of aliphatic carboxylic acids is 1. The quantitative estimate of drug-likeness (QED) is 0.0168. The second-order valence-corrected chi connectivity index (χ2v) is 40.0. The number of hydrogen-bond acceptors (Lipinski definition) is 20. The number of rotatable bonds is 37. The van der Waals surface area contributed by atoms with Gasteiger partial charge in [-0.15, -0.1) is 11.7 Å². The van der Waals surface area contributed by atoms with Crippen molar-refractivity contribution >= 4 is 103 Å². The first-order chi connectivity index (χ1) is 61.1. The fraction of sp³-hybridized carbons (Fsp3) is 0.479. The van der Waals surface area contributed by atoms with Gasteiger partial charge in [-0.1, -0.05) is 175 Å². The van der Waals surface area contributed by atoms with Crippen molar-refractivity contribution in [1.82, 2.24) is 71.2 Å². The third-order valence-corrected chi connectivity index (χ3v) is 24.9. The van der Waals surface area contributed by atoms with E-state index in [0.717, 1.165) is 31.3 Å². The molecule has 1 saturated carbocycles. The summed E-state index contributed by atoms with van der Waals surface area (Å²) in [6.45, 7) is 31.0. The highest BCUT2D eigenvalue weighted by molar-refractivity contribution is 7.91. The number of aromatic nitrogens is 3. The summed E-state index contributed by atoms with van der Waals surface area (Å²) in [7, 11) is -1.42. The number of allylic oxidation sites excluding steroid dienone is 1. The van der Waals surface area contributed by atoms with Crippen molar-refractivity contribution in [2.24, 2.45) is 16.7 Å². The lowest BCUT2D eigenvalue weighted by molar-refractivity contribution is -0.145. The van der Waals surface area contributed by atoms with Crippen molar-refractivity contribution in [2.45, 2.75) is 244 Å². The zero-order valence-corrected chi connectivity index (χ0v) is 77.7. The van der Waals surface area contributed by atoms with E-state index in [1.165, 1.54) is 42.4 Å². The van der Waals surface area contributed by atoms with Crippen LogP contribution in [0.2, 0.25) is 0 Å². The first kappa shape index (κ1) is 99.4. The monoisotopic (exact) mass is 1810 g/mol. The smallest absolute Gasteiger partial charge is 0.410 e. The van der Waals surface area contributed by atoms with Crippen molar-refractivity contribution in [3.8, 4) is 11.5 Å². The Morgan fingerprint density at radius 1 is 0.508 bits per heavy atom. The average molecular weight is 1810 g/mol. The van der Waals surface area contributed by atoms with Crippen LogP contribution in [0, 0.1) is 16.7 Å². The number of nitrogens with zero attached hydrogens (tertiary/aromatic N) is 7. The van der Waals surface area contributed by atoms with E-state index in [4.69, 9.17) is 18.9 Å². The number of hydrogen-bond donors (Lipinski definition) is 8. The number of benzene rings is 6. The largest absolute Gasteiger partial charge is 0.490 e. The highest BCUT2D eigenvalue weighted by Crippen LogP contribution is 2.35. The van der Waals surface area contributed by atoms with Crippen molar-refractivity contribution in [2.75, 3.05) is 33.8 Å². The van der Waals surface area contributed by atoms with E-state index in [0.29, 0.717) is 47.3 Å². The zero-order chi connectivity index (χ0) is 95.2. The minimum Gasteiger partial charge on any atom is -0.490 e. The number of nitrogens with one attached hydrogen (secondary N) is 7. The summed E-state index contributed by atoms with van der Waals surface area (Å²) < 4.78 is 53.8. The van der Waals surface area contributed by atoms with Gasteiger partial charge in [0.2, 0.25) is 57.3 Å². The molecule has 10 rings (SSSR count). The van der Waals surface area contributed by atoms with Gasteiger partial charge in [0, 0.05) is 59.3 Å². The molecule has 0 spiro atoms. The summed E-state index contributed by atoms with van der Waals surface area (Å²) >= 11 is 0. The van der Waals surface area contributed by atoms with E-state index in [2.05, 4.69) is 60.1 Å². The number of carbonyl (C=O) groups excluding carboxylic acids is 11. The van der Waals surface area contributed by atoms with E-state index >= 15 is 24.0 Å². The predicted molar refractivity (Wildman–Crippen MR) is 488 cm³/mol. The fourth-order valence-corrected chi connectivity index (χ4v) is 16.7. The Balaban J connectivity index is 0.895. The molecule has 6 aromatic carbocycles. The van der Waals surface area contributed by atoms with Crippen LogP contribution in [0.4, 0.5) is 9.59 Å². The third kappa shape index (κ3) is 27.0. The summed E-state index contributed by atoms with van der Waals surface area (Å²) in [5.41, 5.74) is -1.33. The van der Waals surface area contributed by atoms with Gasteiger partial charge >= 0.3 is 18.2 Å². The lowest BCUT2D eigenvalue weighted by Crippen LogP contribution is -2.61. The average Bonchev–Trinajstić information content (AvgIpc) is 1.63. The maximum Gasteiger partial charge on any atom is 0.410 e. The normalized spacial score (nSPS) is 17.8. The van der Waals surface area contributed by atoms with Crippen LogP contribution in [0.3, 0.4) is 0 Å². The van der Waals surface area contributed by atoms with Crippen LogP contribution in [0.1, 0.15) is 163 Å². The number of fused-ring (bicyclic) bond motifs is 2.